The summed E-state index contributed by atoms with van der Waals surface area (Å²) in [5, 5.41) is 3.29. The van der Waals surface area contributed by atoms with E-state index in [9.17, 15) is 4.79 Å². The summed E-state index contributed by atoms with van der Waals surface area (Å²) in [6.45, 7) is 4.03. The predicted molar refractivity (Wildman–Crippen MR) is 73.1 cm³/mol. The van der Waals surface area contributed by atoms with Crippen LogP contribution in [0.2, 0.25) is 5.02 Å². The Labute approximate surface area is 111 Å². The first-order valence-electron chi connectivity index (χ1n) is 5.56. The third-order valence-electron chi connectivity index (χ3n) is 2.72. The van der Waals surface area contributed by atoms with Crippen LogP contribution in [0.3, 0.4) is 0 Å². The molecule has 0 saturated carbocycles. The van der Waals surface area contributed by atoms with Gasteiger partial charge in [-0.2, -0.15) is 0 Å². The number of pyridine rings is 1. The minimum Gasteiger partial charge on any atom is -0.321 e. The molecular formula is C14H13ClN2O. The topological polar surface area (TPSA) is 42.0 Å². The Morgan fingerprint density at radius 3 is 2.61 bits per heavy atom. The van der Waals surface area contributed by atoms with Gasteiger partial charge in [0.1, 0.15) is 5.69 Å². The fourth-order valence-corrected chi connectivity index (χ4v) is 1.70. The molecule has 0 bridgehead atoms. The highest BCUT2D eigenvalue weighted by molar-refractivity contribution is 6.30. The number of carbonyl (C=O) groups is 1. The van der Waals surface area contributed by atoms with Crippen molar-refractivity contribution in [1.82, 2.24) is 4.98 Å². The highest BCUT2D eigenvalue weighted by atomic mass is 35.5. The van der Waals surface area contributed by atoms with Gasteiger partial charge < -0.3 is 5.32 Å². The Morgan fingerprint density at radius 2 is 1.94 bits per heavy atom. The van der Waals surface area contributed by atoms with Crippen molar-refractivity contribution in [3.63, 3.8) is 0 Å². The molecule has 0 saturated heterocycles. The summed E-state index contributed by atoms with van der Waals surface area (Å²) in [6, 6.07) is 8.94. The third kappa shape index (κ3) is 2.87. The van der Waals surface area contributed by atoms with Gasteiger partial charge in [-0.1, -0.05) is 17.7 Å². The lowest BCUT2D eigenvalue weighted by Gasteiger charge is -2.07. The standard InChI is InChI=1S/C14H13ClN2O/c1-9-3-4-12(7-10(9)2)17-14(18)13-8-11(15)5-6-16-13/h3-8H,1-2H3,(H,17,18). The summed E-state index contributed by atoms with van der Waals surface area (Å²) in [7, 11) is 0. The Bertz CT molecular complexity index is 596. The molecule has 1 aromatic carbocycles. The van der Waals surface area contributed by atoms with Crippen molar-refractivity contribution in [3.05, 3.63) is 58.4 Å². The summed E-state index contributed by atoms with van der Waals surface area (Å²) in [5.41, 5.74) is 3.38. The maximum Gasteiger partial charge on any atom is 0.274 e. The first-order chi connectivity index (χ1) is 8.56. The Morgan fingerprint density at radius 1 is 1.17 bits per heavy atom. The molecule has 2 aromatic rings. The minimum atomic E-state index is -0.263. The van der Waals surface area contributed by atoms with E-state index >= 15 is 0 Å². The fraction of sp³-hybridized carbons (Fsp3) is 0.143. The predicted octanol–water partition coefficient (Wildman–Crippen LogP) is 3.60. The van der Waals surface area contributed by atoms with Crippen molar-refractivity contribution in [3.8, 4) is 0 Å². The molecule has 0 aliphatic rings. The summed E-state index contributed by atoms with van der Waals surface area (Å²) in [6.07, 6.45) is 1.51. The number of aromatic nitrogens is 1. The van der Waals surface area contributed by atoms with E-state index in [0.29, 0.717) is 10.7 Å². The van der Waals surface area contributed by atoms with Crippen molar-refractivity contribution in [2.75, 3.05) is 5.32 Å². The van der Waals surface area contributed by atoms with Crippen LogP contribution in [0.4, 0.5) is 5.69 Å². The number of benzene rings is 1. The number of amides is 1. The van der Waals surface area contributed by atoms with Gasteiger partial charge in [0.25, 0.3) is 5.91 Å². The first kappa shape index (κ1) is 12.6. The summed E-state index contributed by atoms with van der Waals surface area (Å²) >= 11 is 5.82. The van der Waals surface area contributed by atoms with E-state index in [1.54, 1.807) is 6.07 Å². The first-order valence-corrected chi connectivity index (χ1v) is 5.94. The second kappa shape index (κ2) is 5.19. The molecule has 4 heteroatoms. The number of halogens is 1. The zero-order chi connectivity index (χ0) is 13.1. The molecule has 92 valence electrons. The van der Waals surface area contributed by atoms with Crippen LogP contribution in [0.25, 0.3) is 0 Å². The van der Waals surface area contributed by atoms with Crippen molar-refractivity contribution in [2.45, 2.75) is 13.8 Å². The van der Waals surface area contributed by atoms with Gasteiger partial charge in [-0.15, -0.1) is 0 Å². The van der Waals surface area contributed by atoms with Gasteiger partial charge in [-0.05, 0) is 49.2 Å². The lowest BCUT2D eigenvalue weighted by molar-refractivity contribution is 0.102. The van der Waals surface area contributed by atoms with E-state index in [0.717, 1.165) is 11.3 Å². The average Bonchev–Trinajstić information content (AvgIpc) is 2.34. The molecule has 3 nitrogen and oxygen atoms in total. The SMILES string of the molecule is Cc1ccc(NC(=O)c2cc(Cl)ccn2)cc1C. The van der Waals surface area contributed by atoms with E-state index < -0.39 is 0 Å². The second-order valence-electron chi connectivity index (χ2n) is 4.11. The Balaban J connectivity index is 2.18. The summed E-state index contributed by atoms with van der Waals surface area (Å²) in [5.74, 6) is -0.263. The lowest BCUT2D eigenvalue weighted by atomic mass is 10.1. The molecule has 0 aliphatic heterocycles. The number of nitrogens with zero attached hydrogens (tertiary/aromatic N) is 1. The van der Waals surface area contributed by atoms with Crippen molar-refractivity contribution in [1.29, 1.82) is 0 Å². The van der Waals surface area contributed by atoms with Crippen molar-refractivity contribution in [2.24, 2.45) is 0 Å². The number of anilines is 1. The van der Waals surface area contributed by atoms with Crippen LogP contribution in [0, 0.1) is 13.8 Å². The van der Waals surface area contributed by atoms with Crippen LogP contribution in [-0.2, 0) is 0 Å². The maximum atomic E-state index is 11.9. The van der Waals surface area contributed by atoms with Crippen LogP contribution < -0.4 is 5.32 Å². The highest BCUT2D eigenvalue weighted by Gasteiger charge is 2.08. The molecule has 2 rings (SSSR count). The molecule has 1 amide bonds. The van der Waals surface area contributed by atoms with Crippen LogP contribution >= 0.6 is 11.6 Å². The van der Waals surface area contributed by atoms with Gasteiger partial charge >= 0.3 is 0 Å². The maximum absolute atomic E-state index is 11.9. The Hall–Kier alpha value is -1.87. The number of aryl methyl sites for hydroxylation is 2. The van der Waals surface area contributed by atoms with Gasteiger partial charge in [-0.25, -0.2) is 0 Å². The molecule has 0 radical (unpaired) electrons. The number of hydrogen-bond acceptors (Lipinski definition) is 2. The summed E-state index contributed by atoms with van der Waals surface area (Å²) in [4.78, 5) is 15.9. The molecule has 1 aromatic heterocycles. The molecule has 0 unspecified atom stereocenters. The zero-order valence-corrected chi connectivity index (χ0v) is 11.0. The molecular weight excluding hydrogens is 248 g/mol. The van der Waals surface area contributed by atoms with Crippen LogP contribution in [0.1, 0.15) is 21.6 Å². The van der Waals surface area contributed by atoms with Crippen molar-refractivity contribution < 1.29 is 4.79 Å². The van der Waals surface area contributed by atoms with Gasteiger partial charge in [0.15, 0.2) is 0 Å². The zero-order valence-electron chi connectivity index (χ0n) is 10.2. The highest BCUT2D eigenvalue weighted by Crippen LogP contribution is 2.15. The Kier molecular flexibility index (Phi) is 3.63. The van der Waals surface area contributed by atoms with Gasteiger partial charge in [-0.3, -0.25) is 9.78 Å². The van der Waals surface area contributed by atoms with Crippen LogP contribution in [0.15, 0.2) is 36.5 Å². The number of carbonyl (C=O) groups excluding carboxylic acids is 1. The number of hydrogen-bond donors (Lipinski definition) is 1. The van der Waals surface area contributed by atoms with E-state index in [-0.39, 0.29) is 5.91 Å². The second-order valence-corrected chi connectivity index (χ2v) is 4.55. The van der Waals surface area contributed by atoms with E-state index in [1.807, 2.05) is 32.0 Å². The van der Waals surface area contributed by atoms with E-state index in [1.165, 1.54) is 17.8 Å². The monoisotopic (exact) mass is 260 g/mol. The molecule has 0 aliphatic carbocycles. The summed E-state index contributed by atoms with van der Waals surface area (Å²) < 4.78 is 0. The van der Waals surface area contributed by atoms with Crippen LogP contribution in [0.5, 0.6) is 0 Å². The van der Waals surface area contributed by atoms with Gasteiger partial charge in [0.05, 0.1) is 0 Å². The minimum absolute atomic E-state index is 0.263. The van der Waals surface area contributed by atoms with Gasteiger partial charge in [0.2, 0.25) is 0 Å². The average molecular weight is 261 g/mol. The molecule has 0 fully saturated rings. The third-order valence-corrected chi connectivity index (χ3v) is 2.95. The van der Waals surface area contributed by atoms with Crippen molar-refractivity contribution >= 4 is 23.2 Å². The molecule has 1 N–H and O–H groups in total. The van der Waals surface area contributed by atoms with E-state index in [4.69, 9.17) is 11.6 Å². The largest absolute Gasteiger partial charge is 0.321 e. The fourth-order valence-electron chi connectivity index (χ4n) is 1.54. The van der Waals surface area contributed by atoms with Crippen LogP contribution in [-0.4, -0.2) is 10.9 Å². The smallest absolute Gasteiger partial charge is 0.274 e. The molecule has 0 atom stereocenters. The van der Waals surface area contributed by atoms with E-state index in [2.05, 4.69) is 10.3 Å². The lowest BCUT2D eigenvalue weighted by Crippen LogP contribution is -2.13. The molecule has 18 heavy (non-hydrogen) atoms. The number of rotatable bonds is 2. The molecule has 1 heterocycles. The molecule has 0 spiro atoms. The van der Waals surface area contributed by atoms with Gasteiger partial charge in [0, 0.05) is 16.9 Å². The quantitative estimate of drug-likeness (QED) is 0.896. The normalized spacial score (nSPS) is 10.2. The number of nitrogens with one attached hydrogen (secondary N) is 1.